The summed E-state index contributed by atoms with van der Waals surface area (Å²) in [6.07, 6.45) is -1.94. The first kappa shape index (κ1) is 21.1. The second-order valence-electron chi connectivity index (χ2n) is 7.45. The van der Waals surface area contributed by atoms with Gasteiger partial charge in [0, 0.05) is 12.1 Å². The van der Waals surface area contributed by atoms with E-state index >= 15 is 0 Å². The number of halogens is 3. The minimum atomic E-state index is -0.802. The molecule has 1 aromatic carbocycles. The smallest absolute Gasteiger partial charge is 0.296 e. The van der Waals surface area contributed by atoms with Crippen molar-refractivity contribution in [2.75, 3.05) is 25.6 Å². The maximum atomic E-state index is 14.4. The third-order valence-electron chi connectivity index (χ3n) is 5.45. The maximum Gasteiger partial charge on any atom is 0.296 e. The monoisotopic (exact) mass is 468 g/mol. The van der Waals surface area contributed by atoms with Crippen LogP contribution in [-0.4, -0.2) is 64.8 Å². The Labute approximate surface area is 185 Å². The van der Waals surface area contributed by atoms with Crippen molar-refractivity contribution in [1.82, 2.24) is 15.0 Å². The lowest BCUT2D eigenvalue weighted by molar-refractivity contribution is 0.00706. The fourth-order valence-corrected chi connectivity index (χ4v) is 4.05. The number of H-pyrrole nitrogens is 1. The van der Waals surface area contributed by atoms with Crippen LogP contribution in [0.15, 0.2) is 18.2 Å². The summed E-state index contributed by atoms with van der Waals surface area (Å²) in [5.74, 6) is -1.39. The summed E-state index contributed by atoms with van der Waals surface area (Å²) in [5.41, 5.74) is 0.598. The summed E-state index contributed by atoms with van der Waals surface area (Å²) in [7, 11) is 1.30. The number of hydrogen-bond acceptors (Lipinski definition) is 8. The number of aliphatic hydroxyl groups excluding tert-OH is 1. The van der Waals surface area contributed by atoms with Crippen molar-refractivity contribution in [3.05, 3.63) is 40.4 Å². The second kappa shape index (κ2) is 8.32. The molecule has 2 aromatic heterocycles. The molecular weight excluding hydrogens is 450 g/mol. The predicted molar refractivity (Wildman–Crippen MR) is 109 cm³/mol. The lowest BCUT2D eigenvalue weighted by Gasteiger charge is -2.15. The largest absolute Gasteiger partial charge is 0.494 e. The van der Waals surface area contributed by atoms with Crippen LogP contribution in [0.4, 0.5) is 14.6 Å². The number of nitrogens with zero attached hydrogens (tertiary/aromatic N) is 2. The van der Waals surface area contributed by atoms with Gasteiger partial charge in [0.15, 0.2) is 23.3 Å². The number of aromatic nitrogens is 3. The van der Waals surface area contributed by atoms with Crippen LogP contribution >= 0.6 is 11.6 Å². The normalized spacial score (nSPS) is 24.7. The number of methoxy groups -OCH3 is 1. The fraction of sp³-hybridized carbons (Fsp3) is 0.400. The van der Waals surface area contributed by atoms with E-state index in [4.69, 9.17) is 30.5 Å². The maximum absolute atomic E-state index is 14.4. The summed E-state index contributed by atoms with van der Waals surface area (Å²) in [6, 6.07) is 4.10. The Bertz CT molecular complexity index is 1160. The molecule has 0 unspecified atom stereocenters. The molecule has 4 atom stereocenters. The van der Waals surface area contributed by atoms with Crippen molar-refractivity contribution in [3.63, 3.8) is 0 Å². The molecule has 5 rings (SSSR count). The SMILES string of the molecule is COc1ccc(F)c(CNc2nc3nc(O[C@@H]4CO[C@H]5[C@@H]4OC[C@H]5O)[nH]c3cc2Cl)c1F. The summed E-state index contributed by atoms with van der Waals surface area (Å²) < 4.78 is 50.3. The number of hydrogen-bond donors (Lipinski definition) is 3. The number of aliphatic hydroxyl groups is 1. The van der Waals surface area contributed by atoms with E-state index in [1.165, 1.54) is 13.2 Å². The highest BCUT2D eigenvalue weighted by Crippen LogP contribution is 2.31. The van der Waals surface area contributed by atoms with Gasteiger partial charge in [0.1, 0.15) is 29.9 Å². The van der Waals surface area contributed by atoms with Crippen LogP contribution < -0.4 is 14.8 Å². The minimum absolute atomic E-state index is 0.0660. The first-order valence-electron chi connectivity index (χ1n) is 9.83. The average molecular weight is 469 g/mol. The predicted octanol–water partition coefficient (Wildman–Crippen LogP) is 2.42. The van der Waals surface area contributed by atoms with E-state index in [1.807, 2.05) is 0 Å². The van der Waals surface area contributed by atoms with Gasteiger partial charge in [0.2, 0.25) is 0 Å². The van der Waals surface area contributed by atoms with Gasteiger partial charge in [-0.25, -0.2) is 13.8 Å². The zero-order valence-electron chi connectivity index (χ0n) is 16.8. The molecule has 32 heavy (non-hydrogen) atoms. The van der Waals surface area contributed by atoms with E-state index in [2.05, 4.69) is 20.3 Å². The van der Waals surface area contributed by atoms with Crippen LogP contribution in [0, 0.1) is 11.6 Å². The number of ether oxygens (including phenoxy) is 4. The molecule has 0 aliphatic carbocycles. The minimum Gasteiger partial charge on any atom is -0.494 e. The van der Waals surface area contributed by atoms with Crippen LogP contribution in [-0.2, 0) is 16.0 Å². The van der Waals surface area contributed by atoms with Gasteiger partial charge >= 0.3 is 0 Å². The van der Waals surface area contributed by atoms with Crippen molar-refractivity contribution < 1.29 is 32.8 Å². The van der Waals surface area contributed by atoms with Crippen LogP contribution in [0.5, 0.6) is 11.8 Å². The Morgan fingerprint density at radius 3 is 2.88 bits per heavy atom. The van der Waals surface area contributed by atoms with Crippen molar-refractivity contribution in [2.24, 2.45) is 0 Å². The number of imidazole rings is 1. The van der Waals surface area contributed by atoms with E-state index in [0.717, 1.165) is 6.07 Å². The Hall–Kier alpha value is -2.73. The summed E-state index contributed by atoms with van der Waals surface area (Å²) in [5, 5.41) is 12.9. The highest BCUT2D eigenvalue weighted by atomic mass is 35.5. The Balaban J connectivity index is 1.33. The zero-order valence-corrected chi connectivity index (χ0v) is 17.5. The molecule has 3 aromatic rings. The van der Waals surface area contributed by atoms with Crippen LogP contribution in [0.3, 0.4) is 0 Å². The third-order valence-corrected chi connectivity index (χ3v) is 5.74. The number of rotatable bonds is 6. The molecule has 0 saturated carbocycles. The van der Waals surface area contributed by atoms with Crippen molar-refractivity contribution in [3.8, 4) is 11.8 Å². The van der Waals surface area contributed by atoms with E-state index in [9.17, 15) is 13.9 Å². The number of anilines is 1. The van der Waals surface area contributed by atoms with Gasteiger partial charge in [-0.2, -0.15) is 4.98 Å². The summed E-state index contributed by atoms with van der Waals surface area (Å²) in [4.78, 5) is 11.6. The topological polar surface area (TPSA) is 111 Å². The number of benzene rings is 1. The molecule has 4 heterocycles. The highest BCUT2D eigenvalue weighted by Gasteiger charge is 2.48. The number of pyridine rings is 1. The zero-order chi connectivity index (χ0) is 22.4. The molecule has 0 radical (unpaired) electrons. The van der Waals surface area contributed by atoms with Crippen molar-refractivity contribution in [1.29, 1.82) is 0 Å². The van der Waals surface area contributed by atoms with Gasteiger partial charge in [-0.05, 0) is 18.2 Å². The van der Waals surface area contributed by atoms with Gasteiger partial charge in [0.25, 0.3) is 6.01 Å². The molecule has 9 nitrogen and oxygen atoms in total. The van der Waals surface area contributed by atoms with E-state index in [1.54, 1.807) is 6.07 Å². The molecule has 0 spiro atoms. The quantitative estimate of drug-likeness (QED) is 0.506. The summed E-state index contributed by atoms with van der Waals surface area (Å²) in [6.45, 7) is 0.237. The molecule has 2 aliphatic rings. The van der Waals surface area contributed by atoms with E-state index in [0.29, 0.717) is 11.2 Å². The second-order valence-corrected chi connectivity index (χ2v) is 7.85. The van der Waals surface area contributed by atoms with Gasteiger partial charge in [-0.15, -0.1) is 0 Å². The molecular formula is C20H19ClF2N4O5. The number of aromatic amines is 1. The Morgan fingerprint density at radius 2 is 2.06 bits per heavy atom. The molecule has 170 valence electrons. The standard InChI is InChI=1S/C20H19ClF2N4O5/c1-29-13-3-2-10(22)8(15(13)23)5-24-18-9(21)4-11-19(26-18)27-20(25-11)32-14-7-31-16-12(28)6-30-17(14)16/h2-4,12,14,16-17,28H,5-7H2,1H3,(H2,24,25,26,27)/t12-,14-,16-,17-/m1/s1. The Kier molecular flexibility index (Phi) is 5.49. The molecule has 0 amide bonds. The fourth-order valence-electron chi connectivity index (χ4n) is 3.83. The number of fused-ring (bicyclic) bond motifs is 2. The Morgan fingerprint density at radius 1 is 1.25 bits per heavy atom. The molecule has 2 saturated heterocycles. The first-order chi connectivity index (χ1) is 15.4. The van der Waals surface area contributed by atoms with Gasteiger partial charge in [-0.1, -0.05) is 11.6 Å². The van der Waals surface area contributed by atoms with Crippen LogP contribution in [0.1, 0.15) is 5.56 Å². The lowest BCUT2D eigenvalue weighted by Crippen LogP contribution is -2.34. The van der Waals surface area contributed by atoms with Crippen LogP contribution in [0.25, 0.3) is 11.2 Å². The third kappa shape index (κ3) is 3.71. The van der Waals surface area contributed by atoms with Gasteiger partial charge in [0.05, 0.1) is 30.9 Å². The molecule has 2 aliphatic heterocycles. The first-order valence-corrected chi connectivity index (χ1v) is 10.2. The van der Waals surface area contributed by atoms with Gasteiger partial charge < -0.3 is 34.4 Å². The highest BCUT2D eigenvalue weighted by molar-refractivity contribution is 6.33. The van der Waals surface area contributed by atoms with E-state index in [-0.39, 0.29) is 54.0 Å². The number of nitrogens with one attached hydrogen (secondary N) is 2. The van der Waals surface area contributed by atoms with E-state index < -0.39 is 29.9 Å². The molecule has 12 heteroatoms. The lowest BCUT2D eigenvalue weighted by atomic mass is 10.1. The van der Waals surface area contributed by atoms with Gasteiger partial charge in [-0.3, -0.25) is 0 Å². The van der Waals surface area contributed by atoms with Crippen molar-refractivity contribution in [2.45, 2.75) is 31.0 Å². The molecule has 3 N–H and O–H groups in total. The van der Waals surface area contributed by atoms with Crippen molar-refractivity contribution >= 4 is 28.6 Å². The average Bonchev–Trinajstić information content (AvgIpc) is 3.45. The summed E-state index contributed by atoms with van der Waals surface area (Å²) >= 11 is 6.28. The van der Waals surface area contributed by atoms with Crippen LogP contribution in [0.2, 0.25) is 5.02 Å². The molecule has 2 fully saturated rings. The molecule has 0 bridgehead atoms.